The summed E-state index contributed by atoms with van der Waals surface area (Å²) in [5.41, 5.74) is 0.523. The van der Waals surface area contributed by atoms with Crippen LogP contribution in [0.5, 0.6) is 0 Å². The van der Waals surface area contributed by atoms with Crippen molar-refractivity contribution in [1.29, 1.82) is 0 Å². The largest absolute Gasteiger partial charge is 0.461 e. The third-order valence-electron chi connectivity index (χ3n) is 4.44. The number of hydrogen-bond acceptors (Lipinski definition) is 4. The number of carbonyl (C=O) groups excluding carboxylic acids is 1. The number of rotatable bonds is 5. The van der Waals surface area contributed by atoms with Gasteiger partial charge in [-0.1, -0.05) is 12.1 Å². The Kier molecular flexibility index (Phi) is 5.86. The molecule has 0 aliphatic carbocycles. The van der Waals surface area contributed by atoms with Gasteiger partial charge in [0, 0.05) is 13.1 Å². The number of nitrogens with zero attached hydrogens (tertiary/aromatic N) is 1. The molecule has 0 saturated carbocycles. The molecule has 1 aliphatic rings. The van der Waals surface area contributed by atoms with Crippen LogP contribution in [-0.2, 0) is 26.2 Å². The van der Waals surface area contributed by atoms with Crippen LogP contribution >= 0.6 is 0 Å². The van der Waals surface area contributed by atoms with Crippen molar-refractivity contribution in [2.45, 2.75) is 24.3 Å². The molecule has 2 aromatic carbocycles. The van der Waals surface area contributed by atoms with Gasteiger partial charge in [0.1, 0.15) is 18.2 Å². The van der Waals surface area contributed by atoms with E-state index < -0.39 is 33.5 Å². The van der Waals surface area contributed by atoms with E-state index in [1.54, 1.807) is 6.07 Å². The lowest BCUT2D eigenvalue weighted by Crippen LogP contribution is -2.42. The predicted molar refractivity (Wildman–Crippen MR) is 94.1 cm³/mol. The highest BCUT2D eigenvalue weighted by molar-refractivity contribution is 7.89. The first-order chi connectivity index (χ1) is 12.9. The lowest BCUT2D eigenvalue weighted by Gasteiger charge is -2.30. The molecule has 0 aromatic heterocycles. The van der Waals surface area contributed by atoms with Gasteiger partial charge < -0.3 is 4.74 Å². The number of carbonyl (C=O) groups is 1. The van der Waals surface area contributed by atoms with E-state index in [0.717, 1.165) is 12.1 Å². The van der Waals surface area contributed by atoms with Crippen molar-refractivity contribution in [2.75, 3.05) is 13.1 Å². The number of piperidine rings is 1. The second-order valence-corrected chi connectivity index (χ2v) is 8.33. The van der Waals surface area contributed by atoms with Gasteiger partial charge >= 0.3 is 5.97 Å². The van der Waals surface area contributed by atoms with E-state index >= 15 is 0 Å². The van der Waals surface area contributed by atoms with Crippen molar-refractivity contribution < 1.29 is 26.7 Å². The molecule has 0 N–H and O–H groups in total. The third kappa shape index (κ3) is 4.70. The highest BCUT2D eigenvalue weighted by Crippen LogP contribution is 2.25. The van der Waals surface area contributed by atoms with E-state index in [1.165, 1.54) is 34.6 Å². The lowest BCUT2D eigenvalue weighted by atomic mass is 10.00. The zero-order valence-electron chi connectivity index (χ0n) is 14.5. The lowest BCUT2D eigenvalue weighted by molar-refractivity contribution is -0.151. The average Bonchev–Trinajstić information content (AvgIpc) is 2.66. The molecule has 0 spiro atoms. The van der Waals surface area contributed by atoms with Crippen LogP contribution in [0.15, 0.2) is 53.4 Å². The summed E-state index contributed by atoms with van der Waals surface area (Å²) in [6.45, 7) is 0.215. The van der Waals surface area contributed by atoms with E-state index in [0.29, 0.717) is 18.4 Å². The Hall–Kier alpha value is -2.32. The summed E-state index contributed by atoms with van der Waals surface area (Å²) in [5.74, 6) is -2.05. The number of hydrogen-bond donors (Lipinski definition) is 0. The predicted octanol–water partition coefficient (Wildman–Crippen LogP) is 3.11. The van der Waals surface area contributed by atoms with Crippen molar-refractivity contribution in [3.8, 4) is 0 Å². The summed E-state index contributed by atoms with van der Waals surface area (Å²) in [6.07, 6.45) is 1.03. The Labute approximate surface area is 156 Å². The fraction of sp³-hybridized carbons (Fsp3) is 0.316. The van der Waals surface area contributed by atoms with E-state index in [-0.39, 0.29) is 24.6 Å². The molecule has 0 amide bonds. The monoisotopic (exact) mass is 395 g/mol. The molecule has 1 heterocycles. The van der Waals surface area contributed by atoms with Crippen LogP contribution in [0.25, 0.3) is 0 Å². The molecule has 3 rings (SSSR count). The van der Waals surface area contributed by atoms with Gasteiger partial charge in [-0.05, 0) is 54.8 Å². The Morgan fingerprint density at radius 3 is 2.56 bits per heavy atom. The maximum atomic E-state index is 13.2. The normalized spacial score (nSPS) is 18.2. The van der Waals surface area contributed by atoms with Gasteiger partial charge in [-0.25, -0.2) is 17.2 Å². The summed E-state index contributed by atoms with van der Waals surface area (Å²) < 4.78 is 58.1. The summed E-state index contributed by atoms with van der Waals surface area (Å²) in [7, 11) is -3.81. The van der Waals surface area contributed by atoms with Crippen molar-refractivity contribution in [2.24, 2.45) is 5.92 Å². The van der Waals surface area contributed by atoms with Gasteiger partial charge in [0.2, 0.25) is 10.0 Å². The minimum absolute atomic E-state index is 0.00168. The highest BCUT2D eigenvalue weighted by atomic mass is 32.2. The molecule has 144 valence electrons. The Morgan fingerprint density at radius 2 is 1.85 bits per heavy atom. The molecule has 1 saturated heterocycles. The molecule has 5 nitrogen and oxygen atoms in total. The van der Waals surface area contributed by atoms with Crippen molar-refractivity contribution in [3.63, 3.8) is 0 Å². The maximum Gasteiger partial charge on any atom is 0.310 e. The first-order valence-corrected chi connectivity index (χ1v) is 9.97. The SMILES string of the molecule is O=C(OCc1cccc(F)c1)C1CCCN(S(=O)(=O)c2ccc(F)cc2)C1. The topological polar surface area (TPSA) is 63.7 Å². The van der Waals surface area contributed by atoms with Crippen LogP contribution in [0, 0.1) is 17.6 Å². The number of ether oxygens (including phenoxy) is 1. The highest BCUT2D eigenvalue weighted by Gasteiger charge is 2.34. The van der Waals surface area contributed by atoms with Crippen molar-refractivity contribution >= 4 is 16.0 Å². The second-order valence-electron chi connectivity index (χ2n) is 6.39. The standard InChI is InChI=1S/C19H19F2NO4S/c20-16-6-8-18(9-7-16)27(24,25)22-10-2-4-15(12-22)19(23)26-13-14-3-1-5-17(21)11-14/h1,3,5-9,11,15H,2,4,10,12-13H2. The van der Waals surface area contributed by atoms with Gasteiger partial charge in [-0.3, -0.25) is 4.79 Å². The molecular weight excluding hydrogens is 376 g/mol. The number of benzene rings is 2. The zero-order chi connectivity index (χ0) is 19.4. The maximum absolute atomic E-state index is 13.2. The summed E-state index contributed by atoms with van der Waals surface area (Å²) in [4.78, 5) is 12.3. The van der Waals surface area contributed by atoms with Crippen LogP contribution in [0.3, 0.4) is 0 Å². The molecular formula is C19H19F2NO4S. The van der Waals surface area contributed by atoms with Crippen molar-refractivity contribution in [1.82, 2.24) is 4.31 Å². The van der Waals surface area contributed by atoms with Crippen LogP contribution in [0.2, 0.25) is 0 Å². The molecule has 8 heteroatoms. The van der Waals surface area contributed by atoms with Crippen LogP contribution < -0.4 is 0 Å². The number of esters is 1. The average molecular weight is 395 g/mol. The van der Waals surface area contributed by atoms with Gasteiger partial charge in [-0.2, -0.15) is 4.31 Å². The first kappa shape index (κ1) is 19.4. The fourth-order valence-electron chi connectivity index (χ4n) is 3.01. The minimum atomic E-state index is -3.81. The second kappa shape index (κ2) is 8.14. The molecule has 2 aromatic rings. The van der Waals surface area contributed by atoms with Crippen LogP contribution in [0.1, 0.15) is 18.4 Å². The van der Waals surface area contributed by atoms with Crippen LogP contribution in [-0.4, -0.2) is 31.8 Å². The third-order valence-corrected chi connectivity index (χ3v) is 6.32. The van der Waals surface area contributed by atoms with E-state index in [9.17, 15) is 22.0 Å². The van der Waals surface area contributed by atoms with Gasteiger partial charge in [0.15, 0.2) is 0 Å². The van der Waals surface area contributed by atoms with Gasteiger partial charge in [0.05, 0.1) is 10.8 Å². The Morgan fingerprint density at radius 1 is 1.11 bits per heavy atom. The van der Waals surface area contributed by atoms with E-state index in [1.807, 2.05) is 0 Å². The fourth-order valence-corrected chi connectivity index (χ4v) is 4.53. The molecule has 27 heavy (non-hydrogen) atoms. The minimum Gasteiger partial charge on any atom is -0.461 e. The number of halogens is 2. The van der Waals surface area contributed by atoms with E-state index in [2.05, 4.69) is 0 Å². The summed E-state index contributed by atoms with van der Waals surface area (Å²) >= 11 is 0. The Bertz CT molecular complexity index is 916. The molecule has 0 radical (unpaired) electrons. The van der Waals surface area contributed by atoms with Crippen molar-refractivity contribution in [3.05, 3.63) is 65.7 Å². The van der Waals surface area contributed by atoms with Gasteiger partial charge in [0.25, 0.3) is 0 Å². The zero-order valence-corrected chi connectivity index (χ0v) is 15.3. The van der Waals surface area contributed by atoms with Gasteiger partial charge in [-0.15, -0.1) is 0 Å². The van der Waals surface area contributed by atoms with E-state index in [4.69, 9.17) is 4.74 Å². The summed E-state index contributed by atoms with van der Waals surface area (Å²) in [5, 5.41) is 0. The molecule has 1 aliphatic heterocycles. The quantitative estimate of drug-likeness (QED) is 0.730. The molecule has 1 fully saturated rings. The summed E-state index contributed by atoms with van der Waals surface area (Å²) in [6, 6.07) is 10.3. The van der Waals surface area contributed by atoms with Crippen LogP contribution in [0.4, 0.5) is 8.78 Å². The molecule has 0 bridgehead atoms. The first-order valence-electron chi connectivity index (χ1n) is 8.53. The smallest absolute Gasteiger partial charge is 0.310 e. The number of sulfonamides is 1. The molecule has 1 atom stereocenters. The molecule has 1 unspecified atom stereocenters. The Balaban J connectivity index is 1.64.